The number of benzene rings is 2. The predicted octanol–water partition coefficient (Wildman–Crippen LogP) is 3.34. The average Bonchev–Trinajstić information content (AvgIpc) is 3.32. The van der Waals surface area contributed by atoms with Crippen molar-refractivity contribution in [2.45, 2.75) is 18.4 Å². The van der Waals surface area contributed by atoms with Gasteiger partial charge in [-0.15, -0.1) is 0 Å². The van der Waals surface area contributed by atoms with Crippen LogP contribution in [-0.4, -0.2) is 12.2 Å². The summed E-state index contributed by atoms with van der Waals surface area (Å²) in [6.07, 6.45) is 2.16. The monoisotopic (exact) mass is 254 g/mol. The minimum absolute atomic E-state index is 0.322. The number of methoxy groups -OCH3 is 1. The number of hydrogen-bond acceptors (Lipinski definition) is 2. The molecule has 0 saturated heterocycles. The van der Waals surface area contributed by atoms with Gasteiger partial charge in [0.2, 0.25) is 0 Å². The first-order valence-electron chi connectivity index (χ1n) is 6.67. The molecule has 0 aliphatic heterocycles. The van der Waals surface area contributed by atoms with E-state index < -0.39 is 5.60 Å². The lowest BCUT2D eigenvalue weighted by molar-refractivity contribution is 0.0564. The van der Waals surface area contributed by atoms with E-state index in [0.717, 1.165) is 29.7 Å². The highest BCUT2D eigenvalue weighted by Gasteiger charge is 2.46. The molecule has 0 amide bonds. The zero-order valence-electron chi connectivity index (χ0n) is 11.0. The molecule has 0 spiro atoms. The van der Waals surface area contributed by atoms with E-state index >= 15 is 0 Å². The van der Waals surface area contributed by atoms with Crippen molar-refractivity contribution in [1.29, 1.82) is 0 Å². The second-order valence-corrected chi connectivity index (χ2v) is 5.14. The molecule has 1 atom stereocenters. The van der Waals surface area contributed by atoms with Gasteiger partial charge in [0.15, 0.2) is 0 Å². The molecule has 0 radical (unpaired) electrons. The average molecular weight is 254 g/mol. The topological polar surface area (TPSA) is 29.5 Å². The number of rotatable bonds is 4. The maximum absolute atomic E-state index is 11.2. The van der Waals surface area contributed by atoms with Gasteiger partial charge in [0.1, 0.15) is 11.4 Å². The fourth-order valence-electron chi connectivity index (χ4n) is 2.68. The fourth-order valence-corrected chi connectivity index (χ4v) is 2.68. The number of ether oxygens (including phenoxy) is 1. The largest absolute Gasteiger partial charge is 0.497 e. The van der Waals surface area contributed by atoms with Crippen molar-refractivity contribution in [2.24, 2.45) is 5.92 Å². The van der Waals surface area contributed by atoms with Crippen LogP contribution in [0.15, 0.2) is 54.6 Å². The predicted molar refractivity (Wildman–Crippen MR) is 75.2 cm³/mol. The van der Waals surface area contributed by atoms with Crippen LogP contribution < -0.4 is 4.74 Å². The molecular weight excluding hydrogens is 236 g/mol. The summed E-state index contributed by atoms with van der Waals surface area (Å²) < 4.78 is 5.18. The molecule has 1 saturated carbocycles. The van der Waals surface area contributed by atoms with E-state index in [1.165, 1.54) is 0 Å². The second-order valence-electron chi connectivity index (χ2n) is 5.14. The summed E-state index contributed by atoms with van der Waals surface area (Å²) in [4.78, 5) is 0. The normalized spacial score (nSPS) is 17.8. The van der Waals surface area contributed by atoms with E-state index in [-0.39, 0.29) is 0 Å². The molecule has 0 heterocycles. The Balaban J connectivity index is 2.05. The summed E-state index contributed by atoms with van der Waals surface area (Å²) in [6, 6.07) is 17.7. The molecule has 1 fully saturated rings. The number of hydrogen-bond donors (Lipinski definition) is 1. The third kappa shape index (κ3) is 2.13. The fraction of sp³-hybridized carbons (Fsp3) is 0.294. The zero-order valence-corrected chi connectivity index (χ0v) is 11.0. The Labute approximate surface area is 113 Å². The lowest BCUT2D eigenvalue weighted by Gasteiger charge is -2.29. The van der Waals surface area contributed by atoms with Crippen LogP contribution in [0.25, 0.3) is 0 Å². The summed E-state index contributed by atoms with van der Waals surface area (Å²) in [6.45, 7) is 0. The molecule has 3 rings (SSSR count). The van der Waals surface area contributed by atoms with Crippen LogP contribution >= 0.6 is 0 Å². The molecule has 1 N–H and O–H groups in total. The summed E-state index contributed by atoms with van der Waals surface area (Å²) in [7, 11) is 1.65. The van der Waals surface area contributed by atoms with Crippen molar-refractivity contribution < 1.29 is 9.84 Å². The van der Waals surface area contributed by atoms with Gasteiger partial charge in [-0.2, -0.15) is 0 Å². The van der Waals surface area contributed by atoms with Crippen LogP contribution in [0.4, 0.5) is 0 Å². The van der Waals surface area contributed by atoms with Crippen LogP contribution in [0.3, 0.4) is 0 Å². The van der Waals surface area contributed by atoms with Crippen LogP contribution in [0.5, 0.6) is 5.75 Å². The molecule has 19 heavy (non-hydrogen) atoms. The van der Waals surface area contributed by atoms with Gasteiger partial charge < -0.3 is 9.84 Å². The Morgan fingerprint density at radius 2 is 1.53 bits per heavy atom. The summed E-state index contributed by atoms with van der Waals surface area (Å²) in [5.74, 6) is 1.14. The molecule has 2 heteroatoms. The van der Waals surface area contributed by atoms with E-state index in [1.807, 2.05) is 54.6 Å². The summed E-state index contributed by atoms with van der Waals surface area (Å²) in [5, 5.41) is 11.2. The quantitative estimate of drug-likeness (QED) is 0.906. The summed E-state index contributed by atoms with van der Waals surface area (Å²) in [5.41, 5.74) is 1.05. The molecule has 0 aromatic heterocycles. The maximum atomic E-state index is 11.2. The highest BCUT2D eigenvalue weighted by atomic mass is 16.5. The first-order chi connectivity index (χ1) is 9.25. The second kappa shape index (κ2) is 4.71. The first-order valence-corrected chi connectivity index (χ1v) is 6.67. The molecule has 2 nitrogen and oxygen atoms in total. The minimum atomic E-state index is -0.868. The molecular formula is C17H18O2. The van der Waals surface area contributed by atoms with Crippen LogP contribution in [0.1, 0.15) is 24.0 Å². The minimum Gasteiger partial charge on any atom is -0.497 e. The molecule has 2 aromatic carbocycles. The Hall–Kier alpha value is -1.80. The highest BCUT2D eigenvalue weighted by molar-refractivity contribution is 5.40. The van der Waals surface area contributed by atoms with Gasteiger partial charge in [-0.1, -0.05) is 42.5 Å². The van der Waals surface area contributed by atoms with Gasteiger partial charge in [-0.3, -0.25) is 0 Å². The molecule has 2 aromatic rings. The molecule has 98 valence electrons. The van der Waals surface area contributed by atoms with Crippen molar-refractivity contribution in [3.63, 3.8) is 0 Å². The van der Waals surface area contributed by atoms with Gasteiger partial charge in [-0.05, 0) is 42.0 Å². The molecule has 0 bridgehead atoms. The van der Waals surface area contributed by atoms with Crippen LogP contribution in [0.2, 0.25) is 0 Å². The van der Waals surface area contributed by atoms with E-state index in [0.29, 0.717) is 5.92 Å². The zero-order chi connectivity index (χ0) is 13.3. The van der Waals surface area contributed by atoms with Crippen molar-refractivity contribution >= 4 is 0 Å². The van der Waals surface area contributed by atoms with Crippen molar-refractivity contribution in [2.75, 3.05) is 7.11 Å². The van der Waals surface area contributed by atoms with Crippen LogP contribution in [0, 0.1) is 5.92 Å². The Bertz CT molecular complexity index is 543. The molecule has 1 aliphatic rings. The third-order valence-electron chi connectivity index (χ3n) is 3.91. The lowest BCUT2D eigenvalue weighted by Crippen LogP contribution is -2.29. The van der Waals surface area contributed by atoms with E-state index in [1.54, 1.807) is 7.11 Å². The van der Waals surface area contributed by atoms with Gasteiger partial charge in [0.05, 0.1) is 7.11 Å². The van der Waals surface area contributed by atoms with E-state index in [4.69, 9.17) is 4.74 Å². The SMILES string of the molecule is COc1ccc([C@](O)(c2ccccc2)C2CC2)cc1. The van der Waals surface area contributed by atoms with Gasteiger partial charge in [0, 0.05) is 0 Å². The Kier molecular flexibility index (Phi) is 3.03. The number of aliphatic hydroxyl groups is 1. The standard InChI is InChI=1S/C17H18O2/c1-19-16-11-9-15(10-12-16)17(18,14-7-8-14)13-5-3-2-4-6-13/h2-6,9-12,14,18H,7-8H2,1H3/t17-/m0/s1. The lowest BCUT2D eigenvalue weighted by atomic mass is 9.82. The van der Waals surface area contributed by atoms with Crippen molar-refractivity contribution in [1.82, 2.24) is 0 Å². The van der Waals surface area contributed by atoms with Crippen molar-refractivity contribution in [3.05, 3.63) is 65.7 Å². The highest BCUT2D eigenvalue weighted by Crippen LogP contribution is 2.49. The maximum Gasteiger partial charge on any atom is 0.118 e. The van der Waals surface area contributed by atoms with Gasteiger partial charge in [-0.25, -0.2) is 0 Å². The first kappa shape index (κ1) is 12.2. The van der Waals surface area contributed by atoms with E-state index in [2.05, 4.69) is 0 Å². The Morgan fingerprint density at radius 1 is 0.947 bits per heavy atom. The molecule has 0 unspecified atom stereocenters. The summed E-state index contributed by atoms with van der Waals surface area (Å²) >= 11 is 0. The van der Waals surface area contributed by atoms with Gasteiger partial charge >= 0.3 is 0 Å². The van der Waals surface area contributed by atoms with Crippen molar-refractivity contribution in [3.8, 4) is 5.75 Å². The third-order valence-corrected chi connectivity index (χ3v) is 3.91. The Morgan fingerprint density at radius 3 is 2.05 bits per heavy atom. The van der Waals surface area contributed by atoms with E-state index in [9.17, 15) is 5.11 Å². The smallest absolute Gasteiger partial charge is 0.118 e. The van der Waals surface area contributed by atoms with Gasteiger partial charge in [0.25, 0.3) is 0 Å². The molecule has 1 aliphatic carbocycles. The van der Waals surface area contributed by atoms with Crippen LogP contribution in [-0.2, 0) is 5.60 Å².